The molecule has 2 fully saturated rings. The number of nitrogens with zero attached hydrogens (tertiary/aromatic N) is 4. The number of amides is 1. The first-order valence-corrected chi connectivity index (χ1v) is 15.1. The molecule has 10 heteroatoms. The molecular weight excluding hydrogens is 539 g/mol. The third kappa shape index (κ3) is 5.98. The van der Waals surface area contributed by atoms with Gasteiger partial charge < -0.3 is 24.6 Å². The normalized spacial score (nSPS) is 16.8. The highest BCUT2D eigenvalue weighted by atomic mass is 32.2. The van der Waals surface area contributed by atoms with E-state index in [1.54, 1.807) is 12.1 Å². The van der Waals surface area contributed by atoms with E-state index in [-0.39, 0.29) is 16.8 Å². The summed E-state index contributed by atoms with van der Waals surface area (Å²) in [6, 6.07) is 18.9. The lowest BCUT2D eigenvalue weighted by Crippen LogP contribution is -2.49. The van der Waals surface area contributed by atoms with Gasteiger partial charge in [0.15, 0.2) is 5.82 Å². The number of benzene rings is 3. The molecule has 2 saturated heterocycles. The first-order chi connectivity index (χ1) is 19.8. The molecule has 1 atom stereocenters. The van der Waals surface area contributed by atoms with E-state index in [0.717, 1.165) is 48.4 Å². The van der Waals surface area contributed by atoms with Gasteiger partial charge >= 0.3 is 0 Å². The predicted octanol–water partition coefficient (Wildman–Crippen LogP) is 4.34. The SMILES string of the molecule is Cc1ccc(NC2CCN(c3ccccc3C#N)CC2)c(C)c1C(=O)N1CCN(c2cccc(F)c2[S+](N)[O-])CC1. The second-order valence-corrected chi connectivity index (χ2v) is 11.6. The smallest absolute Gasteiger partial charge is 0.254 e. The van der Waals surface area contributed by atoms with Crippen molar-refractivity contribution in [2.45, 2.75) is 37.6 Å². The van der Waals surface area contributed by atoms with Crippen molar-refractivity contribution in [3.63, 3.8) is 0 Å². The molecular formula is C31H35FN6O2S. The van der Waals surface area contributed by atoms with Gasteiger partial charge in [-0.15, -0.1) is 5.14 Å². The van der Waals surface area contributed by atoms with Gasteiger partial charge in [-0.05, 0) is 68.1 Å². The van der Waals surface area contributed by atoms with Crippen molar-refractivity contribution in [3.8, 4) is 6.07 Å². The Kier molecular flexibility index (Phi) is 8.68. The van der Waals surface area contributed by atoms with Crippen LogP contribution in [0.15, 0.2) is 59.5 Å². The van der Waals surface area contributed by atoms with Gasteiger partial charge in [0.2, 0.25) is 4.90 Å². The van der Waals surface area contributed by atoms with E-state index in [4.69, 9.17) is 5.14 Å². The number of piperidine rings is 1. The second-order valence-electron chi connectivity index (χ2n) is 10.6. The highest BCUT2D eigenvalue weighted by Crippen LogP contribution is 2.31. The molecule has 8 nitrogen and oxygen atoms in total. The zero-order valence-electron chi connectivity index (χ0n) is 23.4. The number of nitrogens with one attached hydrogen (secondary N) is 1. The van der Waals surface area contributed by atoms with E-state index in [1.165, 1.54) is 6.07 Å². The summed E-state index contributed by atoms with van der Waals surface area (Å²) < 4.78 is 26.3. The van der Waals surface area contributed by atoms with Crippen LogP contribution in [-0.2, 0) is 11.4 Å². The molecule has 41 heavy (non-hydrogen) atoms. The molecule has 2 heterocycles. The highest BCUT2D eigenvalue weighted by molar-refractivity contribution is 7.89. The van der Waals surface area contributed by atoms with Crippen LogP contribution in [0, 0.1) is 31.0 Å². The largest absolute Gasteiger partial charge is 0.593 e. The molecule has 0 radical (unpaired) electrons. The van der Waals surface area contributed by atoms with E-state index in [0.29, 0.717) is 43.0 Å². The summed E-state index contributed by atoms with van der Waals surface area (Å²) in [4.78, 5) is 19.8. The van der Waals surface area contributed by atoms with Gasteiger partial charge in [0.05, 0.1) is 28.3 Å². The number of nitriles is 1. The minimum absolute atomic E-state index is 0.00199. The molecule has 1 amide bonds. The van der Waals surface area contributed by atoms with Gasteiger partial charge in [-0.2, -0.15) is 5.26 Å². The van der Waals surface area contributed by atoms with Crippen LogP contribution in [0.4, 0.5) is 21.5 Å². The minimum atomic E-state index is -1.95. The number of halogens is 1. The van der Waals surface area contributed by atoms with Gasteiger partial charge in [-0.1, -0.05) is 24.3 Å². The van der Waals surface area contributed by atoms with E-state index in [2.05, 4.69) is 22.4 Å². The van der Waals surface area contributed by atoms with E-state index in [1.807, 2.05) is 54.0 Å². The fourth-order valence-electron chi connectivity index (χ4n) is 5.92. The maximum atomic E-state index is 14.3. The number of hydrogen-bond acceptors (Lipinski definition) is 7. The number of carbonyl (C=O) groups excluding carboxylic acids is 1. The summed E-state index contributed by atoms with van der Waals surface area (Å²) in [6.07, 6.45) is 1.85. The first kappa shape index (κ1) is 28.7. The third-order valence-corrected chi connectivity index (χ3v) is 8.97. The number of para-hydroxylation sites is 1. The van der Waals surface area contributed by atoms with Crippen molar-refractivity contribution in [2.75, 3.05) is 54.4 Å². The number of anilines is 3. The summed E-state index contributed by atoms with van der Waals surface area (Å²) in [5, 5.41) is 18.7. The lowest BCUT2D eigenvalue weighted by Gasteiger charge is -2.37. The van der Waals surface area contributed by atoms with Crippen molar-refractivity contribution in [2.24, 2.45) is 5.14 Å². The molecule has 0 bridgehead atoms. The third-order valence-electron chi connectivity index (χ3n) is 8.16. The van der Waals surface area contributed by atoms with E-state index >= 15 is 0 Å². The van der Waals surface area contributed by atoms with Crippen LogP contribution in [0.2, 0.25) is 0 Å². The highest BCUT2D eigenvalue weighted by Gasteiger charge is 2.30. The standard InChI is InChI=1S/C31H35FN6O2S/c1-21-10-11-26(35-24-12-14-36(15-13-24)27-8-4-3-6-23(27)20-33)22(2)29(21)31(39)38-18-16-37(17-19-38)28-9-5-7-25(32)30(28)41(34)40/h3-11,24,35H,12-19,34H2,1-2H3. The molecule has 3 aromatic rings. The fraction of sp³-hybridized carbons (Fsp3) is 0.355. The van der Waals surface area contributed by atoms with Crippen LogP contribution in [0.3, 0.4) is 0 Å². The number of carbonyl (C=O) groups is 1. The lowest BCUT2D eigenvalue weighted by molar-refractivity contribution is 0.0745. The van der Waals surface area contributed by atoms with Crippen LogP contribution in [0.25, 0.3) is 0 Å². The minimum Gasteiger partial charge on any atom is -0.593 e. The summed E-state index contributed by atoms with van der Waals surface area (Å²) in [6.45, 7) is 7.56. The maximum absolute atomic E-state index is 14.3. The Hall–Kier alpha value is -3.78. The number of aryl methyl sites for hydroxylation is 1. The number of rotatable bonds is 6. The monoisotopic (exact) mass is 574 g/mol. The first-order valence-electron chi connectivity index (χ1n) is 13.9. The Morgan fingerprint density at radius 3 is 2.32 bits per heavy atom. The second kappa shape index (κ2) is 12.4. The van der Waals surface area contributed by atoms with Crippen molar-refractivity contribution in [3.05, 3.63) is 82.7 Å². The molecule has 3 N–H and O–H groups in total. The van der Waals surface area contributed by atoms with Gasteiger partial charge in [0.1, 0.15) is 6.07 Å². The molecule has 0 saturated carbocycles. The van der Waals surface area contributed by atoms with Crippen molar-refractivity contribution in [1.29, 1.82) is 5.26 Å². The molecule has 214 valence electrons. The summed E-state index contributed by atoms with van der Waals surface area (Å²) in [7, 11) is 0. The molecule has 3 aromatic carbocycles. The number of hydrogen-bond donors (Lipinski definition) is 2. The summed E-state index contributed by atoms with van der Waals surface area (Å²) in [5.41, 5.74) is 5.72. The quantitative estimate of drug-likeness (QED) is 0.422. The summed E-state index contributed by atoms with van der Waals surface area (Å²) >= 11 is -1.95. The fourth-order valence-corrected chi connectivity index (χ4v) is 6.58. The number of piperazine rings is 1. The molecule has 2 aliphatic heterocycles. The molecule has 0 aromatic heterocycles. The molecule has 2 aliphatic rings. The van der Waals surface area contributed by atoms with Gasteiger partial charge in [0, 0.05) is 56.6 Å². The van der Waals surface area contributed by atoms with Crippen LogP contribution in [0.5, 0.6) is 0 Å². The van der Waals surface area contributed by atoms with Crippen LogP contribution < -0.4 is 20.3 Å². The Morgan fingerprint density at radius 2 is 1.63 bits per heavy atom. The zero-order valence-corrected chi connectivity index (χ0v) is 24.2. The maximum Gasteiger partial charge on any atom is 0.254 e. The number of nitrogens with two attached hydrogens (primary N) is 1. The Balaban J connectivity index is 1.24. The molecule has 5 rings (SSSR count). The van der Waals surface area contributed by atoms with Gasteiger partial charge in [0.25, 0.3) is 5.91 Å². The van der Waals surface area contributed by atoms with Crippen LogP contribution in [-0.4, -0.2) is 60.7 Å². The Bertz CT molecular complexity index is 1460. The average Bonchev–Trinajstić information content (AvgIpc) is 2.98. The van der Waals surface area contributed by atoms with Crippen LogP contribution >= 0.6 is 0 Å². The van der Waals surface area contributed by atoms with Crippen LogP contribution in [0.1, 0.15) is 39.9 Å². The Labute approximate surface area is 243 Å². The van der Waals surface area contributed by atoms with E-state index in [9.17, 15) is 19.0 Å². The van der Waals surface area contributed by atoms with E-state index < -0.39 is 17.2 Å². The molecule has 1 unspecified atom stereocenters. The molecule has 0 aliphatic carbocycles. The van der Waals surface area contributed by atoms with Gasteiger partial charge in [-0.3, -0.25) is 4.79 Å². The van der Waals surface area contributed by atoms with Crippen molar-refractivity contribution < 1.29 is 13.7 Å². The molecule has 0 spiro atoms. The average molecular weight is 575 g/mol. The lowest BCUT2D eigenvalue weighted by atomic mass is 9.97. The topological polar surface area (TPSA) is 112 Å². The Morgan fingerprint density at radius 1 is 0.976 bits per heavy atom. The predicted molar refractivity (Wildman–Crippen MR) is 161 cm³/mol. The summed E-state index contributed by atoms with van der Waals surface area (Å²) in [5.74, 6) is -0.608. The van der Waals surface area contributed by atoms with Gasteiger partial charge in [-0.25, -0.2) is 4.39 Å². The zero-order chi connectivity index (χ0) is 29.1. The van der Waals surface area contributed by atoms with Crippen molar-refractivity contribution >= 4 is 34.3 Å². The van der Waals surface area contributed by atoms with Crippen molar-refractivity contribution in [1.82, 2.24) is 4.90 Å².